The number of para-hydroxylation sites is 1. The first-order valence-electron chi connectivity index (χ1n) is 12.1. The lowest BCUT2D eigenvalue weighted by Crippen LogP contribution is -2.34. The van der Waals surface area contributed by atoms with E-state index in [4.69, 9.17) is 9.47 Å². The maximum atomic E-state index is 13.6. The van der Waals surface area contributed by atoms with Gasteiger partial charge in [-0.25, -0.2) is 0 Å². The van der Waals surface area contributed by atoms with Crippen molar-refractivity contribution in [2.75, 3.05) is 13.7 Å². The molecule has 0 saturated heterocycles. The summed E-state index contributed by atoms with van der Waals surface area (Å²) in [6.07, 6.45) is 1.72. The average Bonchev–Trinajstić information content (AvgIpc) is 3.25. The van der Waals surface area contributed by atoms with E-state index in [0.717, 1.165) is 22.5 Å². The van der Waals surface area contributed by atoms with E-state index >= 15 is 0 Å². The second kappa shape index (κ2) is 12.1. The highest BCUT2D eigenvalue weighted by atomic mass is 32.1. The van der Waals surface area contributed by atoms with Gasteiger partial charge < -0.3 is 14.8 Å². The van der Waals surface area contributed by atoms with Gasteiger partial charge in [0.1, 0.15) is 10.7 Å². The summed E-state index contributed by atoms with van der Waals surface area (Å²) in [6.45, 7) is 4.23. The Labute approximate surface area is 224 Å². The van der Waals surface area contributed by atoms with Gasteiger partial charge in [-0.1, -0.05) is 54.6 Å². The first kappa shape index (κ1) is 26.5. The number of hydrogen-bond donors (Lipinski definition) is 1. The molecule has 0 radical (unpaired) electrons. The van der Waals surface area contributed by atoms with Gasteiger partial charge in [0.2, 0.25) is 0 Å². The minimum absolute atomic E-state index is 0.136. The van der Waals surface area contributed by atoms with E-state index in [0.29, 0.717) is 28.3 Å². The number of nitrogens with zero attached hydrogens (tertiary/aromatic N) is 2. The van der Waals surface area contributed by atoms with E-state index in [1.807, 2.05) is 62.4 Å². The van der Waals surface area contributed by atoms with E-state index in [9.17, 15) is 14.9 Å². The number of benzene rings is 3. The van der Waals surface area contributed by atoms with Crippen molar-refractivity contribution in [2.24, 2.45) is 0 Å². The maximum Gasteiger partial charge on any atom is 0.273 e. The minimum atomic E-state index is -0.552. The summed E-state index contributed by atoms with van der Waals surface area (Å²) in [7, 11) is 1.55. The van der Waals surface area contributed by atoms with Crippen molar-refractivity contribution in [1.29, 1.82) is 5.26 Å². The molecule has 8 heteroatoms. The fourth-order valence-electron chi connectivity index (χ4n) is 3.95. The van der Waals surface area contributed by atoms with Gasteiger partial charge in [-0.3, -0.25) is 14.2 Å². The van der Waals surface area contributed by atoms with Crippen molar-refractivity contribution in [3.05, 3.63) is 110 Å². The lowest BCUT2D eigenvalue weighted by molar-refractivity contribution is -0.116. The van der Waals surface area contributed by atoms with Crippen LogP contribution in [0.3, 0.4) is 0 Å². The molecule has 3 aromatic carbocycles. The Morgan fingerprint density at radius 2 is 1.76 bits per heavy atom. The van der Waals surface area contributed by atoms with E-state index < -0.39 is 5.91 Å². The number of amides is 1. The van der Waals surface area contributed by atoms with Crippen LogP contribution in [0.2, 0.25) is 0 Å². The number of carbonyl (C=O) groups excluding carboxylic acids is 1. The Hall–Kier alpha value is -4.61. The van der Waals surface area contributed by atoms with E-state index in [1.165, 1.54) is 4.57 Å². The van der Waals surface area contributed by atoms with Gasteiger partial charge in [-0.2, -0.15) is 5.26 Å². The van der Waals surface area contributed by atoms with E-state index in [2.05, 4.69) is 5.32 Å². The SMILES string of the molecule is CCOc1ccc(/C=c2/s/c(=C(\C#N)C(=O)N[C@H](C)c3ccccc3)n(-c3ccccc3)c2=O)cc1OC. The highest BCUT2D eigenvalue weighted by molar-refractivity contribution is 7.07. The van der Waals surface area contributed by atoms with E-state index in [1.54, 1.807) is 49.6 Å². The summed E-state index contributed by atoms with van der Waals surface area (Å²) in [5, 5.41) is 12.9. The zero-order valence-corrected chi connectivity index (χ0v) is 22.1. The third kappa shape index (κ3) is 5.69. The topological polar surface area (TPSA) is 93.4 Å². The number of hydrogen-bond acceptors (Lipinski definition) is 6. The maximum absolute atomic E-state index is 13.6. The summed E-state index contributed by atoms with van der Waals surface area (Å²) in [5.41, 5.74) is 1.71. The first-order chi connectivity index (χ1) is 18.5. The van der Waals surface area contributed by atoms with Gasteiger partial charge in [-0.15, -0.1) is 11.3 Å². The molecule has 0 saturated carbocycles. The van der Waals surface area contributed by atoms with Gasteiger partial charge in [0.15, 0.2) is 17.1 Å². The Balaban J connectivity index is 1.88. The van der Waals surface area contributed by atoms with Crippen LogP contribution >= 0.6 is 11.3 Å². The van der Waals surface area contributed by atoms with E-state index in [-0.39, 0.29) is 21.8 Å². The molecule has 1 N–H and O–H groups in total. The van der Waals surface area contributed by atoms with Crippen molar-refractivity contribution < 1.29 is 14.3 Å². The van der Waals surface area contributed by atoms with Crippen molar-refractivity contribution in [1.82, 2.24) is 9.88 Å². The number of thiazole rings is 1. The molecule has 0 unspecified atom stereocenters. The number of nitrogens with one attached hydrogen (secondary N) is 1. The fourth-order valence-corrected chi connectivity index (χ4v) is 5.05. The van der Waals surface area contributed by atoms with Gasteiger partial charge in [-0.05, 0) is 55.3 Å². The number of methoxy groups -OCH3 is 1. The van der Waals surface area contributed by atoms with Crippen LogP contribution < -0.4 is 29.5 Å². The van der Waals surface area contributed by atoms with Crippen molar-refractivity contribution in [3.8, 4) is 23.3 Å². The molecule has 0 spiro atoms. The highest BCUT2D eigenvalue weighted by Crippen LogP contribution is 2.28. The summed E-state index contributed by atoms with van der Waals surface area (Å²) in [6, 6.07) is 25.5. The molecule has 192 valence electrons. The zero-order chi connectivity index (χ0) is 27.1. The summed E-state index contributed by atoms with van der Waals surface area (Å²) < 4.78 is 13.1. The predicted octanol–water partition coefficient (Wildman–Crippen LogP) is 3.69. The predicted molar refractivity (Wildman–Crippen MR) is 149 cm³/mol. The molecule has 0 aliphatic rings. The number of nitriles is 1. The molecule has 1 heterocycles. The molecule has 1 amide bonds. The molecule has 0 bridgehead atoms. The van der Waals surface area contributed by atoms with Crippen molar-refractivity contribution >= 4 is 28.9 Å². The first-order valence-corrected chi connectivity index (χ1v) is 12.9. The lowest BCUT2D eigenvalue weighted by Gasteiger charge is -2.13. The molecule has 38 heavy (non-hydrogen) atoms. The number of rotatable bonds is 8. The molecule has 0 aliphatic heterocycles. The number of ether oxygens (including phenoxy) is 2. The summed E-state index contributed by atoms with van der Waals surface area (Å²) in [4.78, 5) is 26.9. The molecular formula is C30H27N3O4S. The van der Waals surface area contributed by atoms with Crippen LogP contribution in [0.15, 0.2) is 83.7 Å². The van der Waals surface area contributed by atoms with Crippen LogP contribution in [0, 0.1) is 11.3 Å². The van der Waals surface area contributed by atoms with Crippen molar-refractivity contribution in [3.63, 3.8) is 0 Å². The van der Waals surface area contributed by atoms with Crippen LogP contribution in [0.5, 0.6) is 11.5 Å². The largest absolute Gasteiger partial charge is 0.493 e. The standard InChI is InChI=1S/C30H27N3O4S/c1-4-37-25-16-15-21(17-26(25)36-3)18-27-29(35)33(23-13-9-6-10-14-23)30(38-27)24(19-31)28(34)32-20(2)22-11-7-5-8-12-22/h5-18,20H,4H2,1-3H3,(H,32,34)/b27-18+,30-24+/t20-/m1/s1. The third-order valence-electron chi connectivity index (χ3n) is 5.82. The Morgan fingerprint density at radius 1 is 1.08 bits per heavy atom. The summed E-state index contributed by atoms with van der Waals surface area (Å²) in [5.74, 6) is 0.591. The second-order valence-corrected chi connectivity index (χ2v) is 9.36. The monoisotopic (exact) mass is 525 g/mol. The van der Waals surface area contributed by atoms with Crippen LogP contribution in [0.1, 0.15) is 31.0 Å². The molecule has 4 aromatic rings. The second-order valence-electron chi connectivity index (χ2n) is 8.33. The average molecular weight is 526 g/mol. The van der Waals surface area contributed by atoms with Gasteiger partial charge >= 0.3 is 0 Å². The van der Waals surface area contributed by atoms with Gasteiger partial charge in [0.05, 0.1) is 30.0 Å². The third-order valence-corrected chi connectivity index (χ3v) is 6.92. The minimum Gasteiger partial charge on any atom is -0.493 e. The highest BCUT2D eigenvalue weighted by Gasteiger charge is 2.19. The van der Waals surface area contributed by atoms with Crippen LogP contribution in [0.25, 0.3) is 17.3 Å². The zero-order valence-electron chi connectivity index (χ0n) is 21.3. The van der Waals surface area contributed by atoms with Gasteiger partial charge in [0, 0.05) is 0 Å². The molecule has 0 fully saturated rings. The van der Waals surface area contributed by atoms with Gasteiger partial charge in [0.25, 0.3) is 11.5 Å². The number of carbonyl (C=O) groups is 1. The molecule has 1 aromatic heterocycles. The fraction of sp³-hybridized carbons (Fsp3) is 0.167. The van der Waals surface area contributed by atoms with Crippen LogP contribution in [-0.2, 0) is 4.79 Å². The van der Waals surface area contributed by atoms with Crippen LogP contribution in [0.4, 0.5) is 0 Å². The molecular weight excluding hydrogens is 498 g/mol. The van der Waals surface area contributed by atoms with Crippen LogP contribution in [-0.4, -0.2) is 24.2 Å². The smallest absolute Gasteiger partial charge is 0.273 e. The summed E-state index contributed by atoms with van der Waals surface area (Å²) >= 11 is 1.09. The lowest BCUT2D eigenvalue weighted by atomic mass is 10.1. The van der Waals surface area contributed by atoms with Crippen molar-refractivity contribution in [2.45, 2.75) is 19.9 Å². The molecule has 4 rings (SSSR count). The number of aromatic nitrogens is 1. The molecule has 1 atom stereocenters. The molecule has 7 nitrogen and oxygen atoms in total. The Kier molecular flexibility index (Phi) is 8.41. The Bertz CT molecular complexity index is 1650. The molecule has 0 aliphatic carbocycles. The Morgan fingerprint density at radius 3 is 2.39 bits per heavy atom. The normalized spacial score (nSPS) is 12.8. The quantitative estimate of drug-likeness (QED) is 0.379.